The van der Waals surface area contributed by atoms with Gasteiger partial charge in [0.2, 0.25) is 0 Å². The van der Waals surface area contributed by atoms with E-state index in [2.05, 4.69) is 37.9 Å². The van der Waals surface area contributed by atoms with Crippen LogP contribution in [0.25, 0.3) is 0 Å². The van der Waals surface area contributed by atoms with Crippen molar-refractivity contribution in [2.75, 3.05) is 12.4 Å². The maximum Gasteiger partial charge on any atom is 0.143 e. The zero-order valence-corrected chi connectivity index (χ0v) is 10.8. The summed E-state index contributed by atoms with van der Waals surface area (Å²) in [5, 5.41) is 3.43. The Balaban J connectivity index is 2.05. The summed E-state index contributed by atoms with van der Waals surface area (Å²) < 4.78 is 6.48. The van der Waals surface area contributed by atoms with Crippen LogP contribution >= 0.6 is 22.6 Å². The molecule has 1 saturated carbocycles. The monoisotopic (exact) mass is 319 g/mol. The Morgan fingerprint density at radius 3 is 3.13 bits per heavy atom. The molecule has 1 aliphatic rings. The molecule has 0 saturated heterocycles. The van der Waals surface area contributed by atoms with E-state index in [4.69, 9.17) is 4.74 Å². The third kappa shape index (κ3) is 2.57. The topological polar surface area (TPSA) is 47.0 Å². The van der Waals surface area contributed by atoms with Gasteiger partial charge in [0.05, 0.1) is 15.7 Å². The molecule has 1 fully saturated rings. The first-order chi connectivity index (χ1) is 7.31. The summed E-state index contributed by atoms with van der Waals surface area (Å²) in [6, 6.07) is 0.387. The number of hydrogen-bond acceptors (Lipinski definition) is 4. The highest BCUT2D eigenvalue weighted by molar-refractivity contribution is 14.1. The highest BCUT2D eigenvalue weighted by Gasteiger charge is 2.27. The van der Waals surface area contributed by atoms with Crippen molar-refractivity contribution in [3.8, 4) is 0 Å². The minimum atomic E-state index is 0.316. The molecule has 15 heavy (non-hydrogen) atoms. The summed E-state index contributed by atoms with van der Waals surface area (Å²) in [6.07, 6.45) is 7.20. The van der Waals surface area contributed by atoms with Crippen molar-refractivity contribution >= 4 is 28.4 Å². The molecule has 1 heterocycles. The first-order valence-corrected chi connectivity index (χ1v) is 6.14. The molecule has 1 aliphatic carbocycles. The maximum absolute atomic E-state index is 5.43. The highest BCUT2D eigenvalue weighted by atomic mass is 127. The Bertz CT molecular complexity index is 334. The Kier molecular flexibility index (Phi) is 3.74. The smallest absolute Gasteiger partial charge is 0.143 e. The quantitative estimate of drug-likeness (QED) is 0.867. The number of methoxy groups -OCH3 is 1. The van der Waals surface area contributed by atoms with Crippen LogP contribution in [0.1, 0.15) is 19.3 Å². The molecule has 4 nitrogen and oxygen atoms in total. The van der Waals surface area contributed by atoms with Crippen LogP contribution in [0.2, 0.25) is 0 Å². The van der Waals surface area contributed by atoms with Crippen molar-refractivity contribution in [2.24, 2.45) is 0 Å². The fourth-order valence-corrected chi connectivity index (χ4v) is 2.42. The van der Waals surface area contributed by atoms with Crippen molar-refractivity contribution in [1.82, 2.24) is 9.97 Å². The Morgan fingerprint density at radius 2 is 2.40 bits per heavy atom. The molecular weight excluding hydrogens is 305 g/mol. The fourth-order valence-electron chi connectivity index (χ4n) is 1.97. The molecule has 2 atom stereocenters. The van der Waals surface area contributed by atoms with E-state index in [1.165, 1.54) is 6.42 Å². The second-order valence-electron chi connectivity index (χ2n) is 3.68. The van der Waals surface area contributed by atoms with Gasteiger partial charge in [-0.1, -0.05) is 0 Å². The van der Waals surface area contributed by atoms with E-state index in [0.29, 0.717) is 12.1 Å². The van der Waals surface area contributed by atoms with Crippen LogP contribution in [0.5, 0.6) is 0 Å². The van der Waals surface area contributed by atoms with Crippen LogP contribution in [0.15, 0.2) is 12.5 Å². The van der Waals surface area contributed by atoms with Gasteiger partial charge in [-0.3, -0.25) is 0 Å². The largest absolute Gasteiger partial charge is 0.379 e. The number of aromatic nitrogens is 2. The van der Waals surface area contributed by atoms with Crippen LogP contribution in [0.4, 0.5) is 5.82 Å². The first-order valence-electron chi connectivity index (χ1n) is 5.06. The summed E-state index contributed by atoms with van der Waals surface area (Å²) in [4.78, 5) is 8.19. The molecule has 2 rings (SSSR count). The van der Waals surface area contributed by atoms with E-state index in [-0.39, 0.29) is 0 Å². The molecule has 0 spiro atoms. The number of anilines is 1. The van der Waals surface area contributed by atoms with Crippen molar-refractivity contribution in [1.29, 1.82) is 0 Å². The highest BCUT2D eigenvalue weighted by Crippen LogP contribution is 2.25. The van der Waals surface area contributed by atoms with E-state index >= 15 is 0 Å². The Morgan fingerprint density at radius 1 is 1.53 bits per heavy atom. The lowest BCUT2D eigenvalue weighted by molar-refractivity contribution is 0.101. The molecule has 0 aromatic carbocycles. The zero-order valence-electron chi connectivity index (χ0n) is 8.61. The molecular formula is C10H14IN3O. The minimum absolute atomic E-state index is 0.316. The van der Waals surface area contributed by atoms with Crippen LogP contribution < -0.4 is 5.32 Å². The predicted octanol–water partition coefficient (Wildman–Crippen LogP) is 2.06. The van der Waals surface area contributed by atoms with Crippen LogP contribution in [-0.2, 0) is 4.74 Å². The van der Waals surface area contributed by atoms with E-state index < -0.39 is 0 Å². The number of rotatable bonds is 3. The van der Waals surface area contributed by atoms with Gasteiger partial charge in [0.1, 0.15) is 12.1 Å². The predicted molar refractivity (Wildman–Crippen MR) is 66.8 cm³/mol. The number of halogens is 1. The van der Waals surface area contributed by atoms with Crippen molar-refractivity contribution in [2.45, 2.75) is 31.4 Å². The van der Waals surface area contributed by atoms with Crippen molar-refractivity contribution in [3.05, 3.63) is 16.1 Å². The second kappa shape index (κ2) is 5.07. The van der Waals surface area contributed by atoms with Gasteiger partial charge >= 0.3 is 0 Å². The first kappa shape index (κ1) is 11.1. The van der Waals surface area contributed by atoms with Gasteiger partial charge in [-0.15, -0.1) is 0 Å². The lowest BCUT2D eigenvalue weighted by Crippen LogP contribution is -2.30. The van der Waals surface area contributed by atoms with E-state index in [1.807, 2.05) is 6.20 Å². The fraction of sp³-hybridized carbons (Fsp3) is 0.600. The third-order valence-electron chi connectivity index (χ3n) is 2.75. The average molecular weight is 319 g/mol. The average Bonchev–Trinajstić information content (AvgIpc) is 2.69. The molecule has 0 bridgehead atoms. The van der Waals surface area contributed by atoms with Gasteiger partial charge in [0.25, 0.3) is 0 Å². The van der Waals surface area contributed by atoms with Crippen molar-refractivity contribution in [3.63, 3.8) is 0 Å². The molecule has 5 heteroatoms. The lowest BCUT2D eigenvalue weighted by atomic mass is 10.2. The summed E-state index contributed by atoms with van der Waals surface area (Å²) >= 11 is 2.24. The number of nitrogens with one attached hydrogen (secondary N) is 1. The number of ether oxygens (including phenoxy) is 1. The molecule has 1 aromatic heterocycles. The van der Waals surface area contributed by atoms with Crippen LogP contribution in [0.3, 0.4) is 0 Å². The Hall–Kier alpha value is -0.430. The standard InChI is InChI=1S/C10H14IN3O/c1-15-9-4-2-3-8(9)14-10-7(11)5-12-6-13-10/h5-6,8-9H,2-4H2,1H3,(H,12,13,14). The third-order valence-corrected chi connectivity index (χ3v) is 3.53. The summed E-state index contributed by atoms with van der Waals surface area (Å²) in [5.41, 5.74) is 0. The second-order valence-corrected chi connectivity index (χ2v) is 4.84. The Labute approximate surface area is 103 Å². The van der Waals surface area contributed by atoms with Gasteiger partial charge in [0, 0.05) is 13.3 Å². The number of nitrogens with zero attached hydrogens (tertiary/aromatic N) is 2. The summed E-state index contributed by atoms with van der Waals surface area (Å²) in [6.45, 7) is 0. The van der Waals surface area contributed by atoms with Crippen LogP contribution in [-0.4, -0.2) is 29.2 Å². The van der Waals surface area contributed by atoms with E-state index in [1.54, 1.807) is 13.4 Å². The normalized spacial score (nSPS) is 25.5. The molecule has 0 amide bonds. The van der Waals surface area contributed by atoms with Gasteiger partial charge in [0.15, 0.2) is 0 Å². The van der Waals surface area contributed by atoms with Gasteiger partial charge in [-0.2, -0.15) is 0 Å². The number of hydrogen-bond donors (Lipinski definition) is 1. The maximum atomic E-state index is 5.43. The lowest BCUT2D eigenvalue weighted by Gasteiger charge is -2.20. The molecule has 1 N–H and O–H groups in total. The van der Waals surface area contributed by atoms with Gasteiger partial charge < -0.3 is 10.1 Å². The molecule has 82 valence electrons. The molecule has 2 unspecified atom stereocenters. The summed E-state index contributed by atoms with van der Waals surface area (Å²) in [7, 11) is 1.77. The molecule has 0 radical (unpaired) electrons. The van der Waals surface area contributed by atoms with E-state index in [0.717, 1.165) is 22.2 Å². The SMILES string of the molecule is COC1CCCC1Nc1ncncc1I. The summed E-state index contributed by atoms with van der Waals surface area (Å²) in [5.74, 6) is 0.916. The van der Waals surface area contributed by atoms with E-state index in [9.17, 15) is 0 Å². The molecule has 0 aliphatic heterocycles. The van der Waals surface area contributed by atoms with Crippen LogP contribution in [0, 0.1) is 3.57 Å². The minimum Gasteiger partial charge on any atom is -0.379 e. The van der Waals surface area contributed by atoms with Gasteiger partial charge in [-0.25, -0.2) is 9.97 Å². The van der Waals surface area contributed by atoms with Gasteiger partial charge in [-0.05, 0) is 41.9 Å². The van der Waals surface area contributed by atoms with Crippen molar-refractivity contribution < 1.29 is 4.74 Å². The zero-order chi connectivity index (χ0) is 10.7. The molecule has 1 aromatic rings.